The maximum absolute atomic E-state index is 14.1. The fourth-order valence-electron chi connectivity index (χ4n) is 3.47. The quantitative estimate of drug-likeness (QED) is 0.398. The van der Waals surface area contributed by atoms with Crippen molar-refractivity contribution in [3.63, 3.8) is 0 Å². The second kappa shape index (κ2) is 7.84. The van der Waals surface area contributed by atoms with Gasteiger partial charge in [0.2, 0.25) is 0 Å². The highest BCUT2D eigenvalue weighted by Gasteiger charge is 2.18. The zero-order valence-corrected chi connectivity index (χ0v) is 17.2. The minimum Gasteiger partial charge on any atom is -0.497 e. The minimum atomic E-state index is -0.980. The number of hydrogen-bond acceptors (Lipinski definition) is 6. The molecular formula is C23H17F2N5O2. The Labute approximate surface area is 181 Å². The smallest absolute Gasteiger partial charge is 0.169 e. The van der Waals surface area contributed by atoms with Crippen LogP contribution in [0.4, 0.5) is 8.78 Å². The van der Waals surface area contributed by atoms with E-state index in [4.69, 9.17) is 9.26 Å². The van der Waals surface area contributed by atoms with Gasteiger partial charge < -0.3 is 9.26 Å². The van der Waals surface area contributed by atoms with Gasteiger partial charge in [-0.25, -0.2) is 18.7 Å². The van der Waals surface area contributed by atoms with Gasteiger partial charge >= 0.3 is 0 Å². The van der Waals surface area contributed by atoms with Gasteiger partial charge in [-0.2, -0.15) is 5.10 Å². The van der Waals surface area contributed by atoms with E-state index in [0.29, 0.717) is 29.4 Å². The molecule has 2 aromatic carbocycles. The second-order valence-corrected chi connectivity index (χ2v) is 7.25. The third-order valence-electron chi connectivity index (χ3n) is 5.09. The molecule has 0 fully saturated rings. The number of imidazole rings is 1. The molecule has 0 unspecified atom stereocenters. The summed E-state index contributed by atoms with van der Waals surface area (Å²) in [5.74, 6) is -0.447. The molecule has 160 valence electrons. The summed E-state index contributed by atoms with van der Waals surface area (Å²) in [6.07, 6.45) is 3.19. The predicted octanol–water partition coefficient (Wildman–Crippen LogP) is 4.74. The second-order valence-electron chi connectivity index (χ2n) is 7.25. The SMILES string of the molecule is COc1ccc(-c2cc(Cn3cc4nc(-c5cccc(F)c5F)nc-4cn3)on2)c(C)c1. The Kier molecular flexibility index (Phi) is 4.85. The van der Waals surface area contributed by atoms with Crippen molar-refractivity contribution in [2.45, 2.75) is 13.5 Å². The van der Waals surface area contributed by atoms with Crippen LogP contribution >= 0.6 is 0 Å². The fraction of sp³-hybridized carbons (Fsp3) is 0.130. The van der Waals surface area contributed by atoms with E-state index >= 15 is 0 Å². The van der Waals surface area contributed by atoms with Crippen LogP contribution in [0.25, 0.3) is 34.0 Å². The highest BCUT2D eigenvalue weighted by Crippen LogP contribution is 2.28. The van der Waals surface area contributed by atoms with Crippen LogP contribution < -0.4 is 4.74 Å². The molecule has 0 atom stereocenters. The van der Waals surface area contributed by atoms with Crippen LogP contribution in [-0.2, 0) is 6.54 Å². The molecule has 3 heterocycles. The van der Waals surface area contributed by atoms with Crippen LogP contribution in [0.5, 0.6) is 5.75 Å². The standard InChI is InChI=1S/C23H17F2N5O2/c1-13-8-14(31-2)6-7-16(13)19-9-15(32-29-19)11-30-12-21-20(10-26-30)27-23(28-21)17-4-3-5-18(24)22(17)25/h3-10,12H,11H2,1-2H3. The molecule has 0 radical (unpaired) electrons. The van der Waals surface area contributed by atoms with Crippen molar-refractivity contribution >= 4 is 0 Å². The number of benzene rings is 2. The average molecular weight is 433 g/mol. The number of aryl methyl sites for hydroxylation is 1. The Hall–Kier alpha value is -4.14. The molecule has 1 aromatic heterocycles. The van der Waals surface area contributed by atoms with E-state index in [0.717, 1.165) is 22.9 Å². The molecule has 0 aliphatic carbocycles. The van der Waals surface area contributed by atoms with Crippen LogP contribution in [0.3, 0.4) is 0 Å². The molecule has 0 saturated heterocycles. The van der Waals surface area contributed by atoms with Crippen LogP contribution in [0.1, 0.15) is 11.3 Å². The van der Waals surface area contributed by atoms with Crippen molar-refractivity contribution < 1.29 is 18.0 Å². The van der Waals surface area contributed by atoms with E-state index in [9.17, 15) is 8.78 Å². The van der Waals surface area contributed by atoms with Gasteiger partial charge in [-0.3, -0.25) is 4.68 Å². The van der Waals surface area contributed by atoms with E-state index < -0.39 is 11.6 Å². The van der Waals surface area contributed by atoms with E-state index in [-0.39, 0.29) is 11.4 Å². The number of hydrogen-bond donors (Lipinski definition) is 0. The first-order chi connectivity index (χ1) is 15.5. The minimum absolute atomic E-state index is 0.00230. The number of rotatable bonds is 5. The number of aromatic nitrogens is 5. The summed E-state index contributed by atoms with van der Waals surface area (Å²) in [5, 5.41) is 8.47. The largest absolute Gasteiger partial charge is 0.497 e. The van der Waals surface area contributed by atoms with Crippen molar-refractivity contribution in [1.29, 1.82) is 0 Å². The summed E-state index contributed by atoms with van der Waals surface area (Å²) in [6, 6.07) is 11.5. The summed E-state index contributed by atoms with van der Waals surface area (Å²) >= 11 is 0. The van der Waals surface area contributed by atoms with Crippen LogP contribution in [0, 0.1) is 18.6 Å². The highest BCUT2D eigenvalue weighted by molar-refractivity contribution is 5.66. The fourth-order valence-corrected chi connectivity index (χ4v) is 3.47. The molecule has 2 aliphatic heterocycles. The van der Waals surface area contributed by atoms with Crippen LogP contribution in [-0.4, -0.2) is 32.0 Å². The Bertz CT molecular complexity index is 1400. The van der Waals surface area contributed by atoms with Gasteiger partial charge in [0, 0.05) is 11.6 Å². The molecule has 0 N–H and O–H groups in total. The Morgan fingerprint density at radius 3 is 2.66 bits per heavy atom. The lowest BCUT2D eigenvalue weighted by molar-refractivity contribution is 0.372. The van der Waals surface area contributed by atoms with Crippen LogP contribution in [0.15, 0.2) is 59.4 Å². The molecule has 32 heavy (non-hydrogen) atoms. The van der Waals surface area contributed by atoms with Gasteiger partial charge in [0.25, 0.3) is 0 Å². The van der Waals surface area contributed by atoms with E-state index in [1.54, 1.807) is 18.0 Å². The van der Waals surface area contributed by atoms with E-state index in [1.165, 1.54) is 18.3 Å². The third kappa shape index (κ3) is 3.58. The third-order valence-corrected chi connectivity index (χ3v) is 5.09. The number of nitrogens with zero attached hydrogens (tertiary/aromatic N) is 5. The van der Waals surface area contributed by atoms with Gasteiger partial charge in [-0.05, 0) is 42.8 Å². The number of fused-ring (bicyclic) bond motifs is 1. The van der Waals surface area contributed by atoms with E-state index in [2.05, 4.69) is 20.2 Å². The summed E-state index contributed by atoms with van der Waals surface area (Å²) in [7, 11) is 1.62. The van der Waals surface area contributed by atoms with Gasteiger partial charge in [-0.15, -0.1) is 0 Å². The van der Waals surface area contributed by atoms with Gasteiger partial charge in [0.1, 0.15) is 29.4 Å². The first-order valence-corrected chi connectivity index (χ1v) is 9.77. The predicted molar refractivity (Wildman–Crippen MR) is 112 cm³/mol. The molecule has 7 nitrogen and oxygen atoms in total. The number of halogens is 2. The van der Waals surface area contributed by atoms with Gasteiger partial charge in [0.05, 0.1) is 25.1 Å². The lowest BCUT2D eigenvalue weighted by Gasteiger charge is -2.05. The highest BCUT2D eigenvalue weighted by atomic mass is 19.2. The first kappa shape index (κ1) is 19.8. The molecule has 2 aliphatic rings. The molecule has 3 aromatic rings. The summed E-state index contributed by atoms with van der Waals surface area (Å²) in [4.78, 5) is 8.59. The molecule has 0 bridgehead atoms. The molecule has 0 spiro atoms. The van der Waals surface area contributed by atoms with Gasteiger partial charge in [-0.1, -0.05) is 11.2 Å². The summed E-state index contributed by atoms with van der Waals surface area (Å²) in [6.45, 7) is 2.29. The Balaban J connectivity index is 1.41. The maximum atomic E-state index is 14.1. The molecule has 0 saturated carbocycles. The van der Waals surface area contributed by atoms with Crippen molar-refractivity contribution in [1.82, 2.24) is 24.9 Å². The zero-order chi connectivity index (χ0) is 22.2. The summed E-state index contributed by atoms with van der Waals surface area (Å²) < 4.78 is 40.0. The summed E-state index contributed by atoms with van der Waals surface area (Å²) in [5.41, 5.74) is 3.65. The lowest BCUT2D eigenvalue weighted by Crippen LogP contribution is -2.04. The lowest BCUT2D eigenvalue weighted by atomic mass is 10.1. The Morgan fingerprint density at radius 1 is 1.00 bits per heavy atom. The first-order valence-electron chi connectivity index (χ1n) is 9.77. The van der Waals surface area contributed by atoms with Crippen LogP contribution in [0.2, 0.25) is 0 Å². The molecule has 5 rings (SSSR count). The average Bonchev–Trinajstić information content (AvgIpc) is 3.42. The molecular weight excluding hydrogens is 416 g/mol. The van der Waals surface area contributed by atoms with E-state index in [1.807, 2.05) is 31.2 Å². The number of methoxy groups -OCH3 is 1. The van der Waals surface area contributed by atoms with Crippen molar-refractivity contribution in [2.75, 3.05) is 7.11 Å². The maximum Gasteiger partial charge on any atom is 0.169 e. The molecule has 9 heteroatoms. The van der Waals surface area contributed by atoms with Crippen molar-refractivity contribution in [3.8, 4) is 39.8 Å². The van der Waals surface area contributed by atoms with Crippen molar-refractivity contribution in [3.05, 3.63) is 77.8 Å². The van der Waals surface area contributed by atoms with Gasteiger partial charge in [0.15, 0.2) is 23.2 Å². The zero-order valence-electron chi connectivity index (χ0n) is 17.2. The normalized spacial score (nSPS) is 11.2. The monoisotopic (exact) mass is 433 g/mol. The topological polar surface area (TPSA) is 78.9 Å². The number of ether oxygens (including phenoxy) is 1. The van der Waals surface area contributed by atoms with Crippen molar-refractivity contribution in [2.24, 2.45) is 0 Å². The molecule has 0 amide bonds. The Morgan fingerprint density at radius 2 is 1.84 bits per heavy atom.